The highest BCUT2D eigenvalue weighted by Gasteiger charge is 2.16. The van der Waals surface area contributed by atoms with E-state index in [1.54, 1.807) is 9.36 Å². The van der Waals surface area contributed by atoms with Crippen LogP contribution >= 0.6 is 0 Å². The fourth-order valence-corrected chi connectivity index (χ4v) is 3.22. The summed E-state index contributed by atoms with van der Waals surface area (Å²) in [5, 5.41) is 21.4. The molecule has 0 fully saturated rings. The van der Waals surface area contributed by atoms with Crippen LogP contribution in [0.4, 0.5) is 0 Å². The van der Waals surface area contributed by atoms with Crippen molar-refractivity contribution in [3.8, 4) is 5.82 Å². The van der Waals surface area contributed by atoms with Gasteiger partial charge in [-0.05, 0) is 32.3 Å². The second-order valence-corrected chi connectivity index (χ2v) is 7.22. The van der Waals surface area contributed by atoms with Crippen molar-refractivity contribution < 1.29 is 0 Å². The quantitative estimate of drug-likeness (QED) is 0.684. The van der Waals surface area contributed by atoms with Gasteiger partial charge < -0.3 is 0 Å². The van der Waals surface area contributed by atoms with Crippen molar-refractivity contribution in [3.63, 3.8) is 0 Å². The van der Waals surface area contributed by atoms with Gasteiger partial charge in [0.15, 0.2) is 5.82 Å². The van der Waals surface area contributed by atoms with E-state index in [4.69, 9.17) is 0 Å². The molecule has 4 heterocycles. The molecule has 0 N–H and O–H groups in total. The van der Waals surface area contributed by atoms with Gasteiger partial charge in [0.2, 0.25) is 0 Å². The van der Waals surface area contributed by atoms with Gasteiger partial charge in [-0.15, -0.1) is 10.2 Å². The number of hydrogen-bond donors (Lipinski definition) is 0. The molecule has 3 aromatic heterocycles. The second-order valence-electron chi connectivity index (χ2n) is 7.22. The Bertz CT molecular complexity index is 930. The first-order chi connectivity index (χ1) is 13.1. The molecule has 0 amide bonds. The third kappa shape index (κ3) is 3.97. The van der Waals surface area contributed by atoms with Crippen molar-refractivity contribution in [1.82, 2.24) is 44.7 Å². The molecule has 4 rings (SSSR count). The van der Waals surface area contributed by atoms with Gasteiger partial charge in [-0.3, -0.25) is 9.58 Å². The molecule has 1 aliphatic rings. The molecule has 0 radical (unpaired) electrons. The van der Waals surface area contributed by atoms with Crippen molar-refractivity contribution in [2.75, 3.05) is 13.1 Å². The Hall–Kier alpha value is -2.81. The lowest BCUT2D eigenvalue weighted by atomic mass is 10.1. The minimum absolute atomic E-state index is 0.329. The normalized spacial score (nSPS) is 15.9. The molecule has 0 saturated heterocycles. The summed E-state index contributed by atoms with van der Waals surface area (Å²) in [7, 11) is 1.89. The van der Waals surface area contributed by atoms with E-state index in [2.05, 4.69) is 50.5 Å². The lowest BCUT2D eigenvalue weighted by molar-refractivity contribution is 0.278. The number of hydrogen-bond acceptors (Lipinski definition) is 6. The van der Waals surface area contributed by atoms with Crippen LogP contribution in [0.15, 0.2) is 30.7 Å². The summed E-state index contributed by atoms with van der Waals surface area (Å²) in [6, 6.07) is 2.25. The van der Waals surface area contributed by atoms with Gasteiger partial charge >= 0.3 is 0 Å². The van der Waals surface area contributed by atoms with Crippen molar-refractivity contribution in [1.29, 1.82) is 0 Å². The molecule has 0 saturated carbocycles. The number of rotatable bonds is 5. The Morgan fingerprint density at radius 2 is 2.00 bits per heavy atom. The first kappa shape index (κ1) is 17.6. The SMILES string of the molecule is CC(C)n1cc(C2=CCCN(Cc3cn(-c4ccn(C)n4)nn3)CC2)nn1. The van der Waals surface area contributed by atoms with Gasteiger partial charge in [0.25, 0.3) is 0 Å². The summed E-state index contributed by atoms with van der Waals surface area (Å²) in [6.45, 7) is 6.97. The van der Waals surface area contributed by atoms with Crippen LogP contribution in [-0.4, -0.2) is 57.8 Å². The molecule has 1 aliphatic heterocycles. The number of nitrogens with zero attached hydrogens (tertiary/aromatic N) is 9. The van der Waals surface area contributed by atoms with Crippen LogP contribution in [0.3, 0.4) is 0 Å². The van der Waals surface area contributed by atoms with E-state index in [0.29, 0.717) is 6.04 Å². The van der Waals surface area contributed by atoms with E-state index in [9.17, 15) is 0 Å². The molecular weight excluding hydrogens is 342 g/mol. The number of aryl methyl sites for hydroxylation is 1. The summed E-state index contributed by atoms with van der Waals surface area (Å²) in [6.07, 6.45) is 10.2. The molecule has 0 bridgehead atoms. The summed E-state index contributed by atoms with van der Waals surface area (Å²) in [5.41, 5.74) is 3.23. The largest absolute Gasteiger partial charge is 0.297 e. The van der Waals surface area contributed by atoms with E-state index in [0.717, 1.165) is 49.7 Å². The molecule has 142 valence electrons. The van der Waals surface area contributed by atoms with Crippen molar-refractivity contribution in [2.24, 2.45) is 7.05 Å². The Labute approximate surface area is 158 Å². The van der Waals surface area contributed by atoms with Crippen LogP contribution in [0.2, 0.25) is 0 Å². The van der Waals surface area contributed by atoms with E-state index in [-0.39, 0.29) is 0 Å². The predicted molar refractivity (Wildman–Crippen MR) is 101 cm³/mol. The molecule has 9 nitrogen and oxygen atoms in total. The Kier molecular flexibility index (Phi) is 4.85. The summed E-state index contributed by atoms with van der Waals surface area (Å²) in [5.74, 6) is 0.782. The third-order valence-electron chi connectivity index (χ3n) is 4.76. The van der Waals surface area contributed by atoms with Crippen LogP contribution < -0.4 is 0 Å². The maximum absolute atomic E-state index is 4.35. The Morgan fingerprint density at radius 3 is 2.74 bits per heavy atom. The number of aromatic nitrogens is 8. The third-order valence-corrected chi connectivity index (χ3v) is 4.76. The fourth-order valence-electron chi connectivity index (χ4n) is 3.22. The molecule has 9 heteroatoms. The molecule has 0 aromatic carbocycles. The topological polar surface area (TPSA) is 82.5 Å². The molecule has 0 aliphatic carbocycles. The van der Waals surface area contributed by atoms with Crippen LogP contribution in [0.5, 0.6) is 0 Å². The fraction of sp³-hybridized carbons (Fsp3) is 0.500. The average Bonchev–Trinajstić information content (AvgIpc) is 3.35. The maximum atomic E-state index is 4.35. The molecule has 27 heavy (non-hydrogen) atoms. The van der Waals surface area contributed by atoms with Gasteiger partial charge in [-0.1, -0.05) is 16.5 Å². The zero-order valence-corrected chi connectivity index (χ0v) is 16.0. The van der Waals surface area contributed by atoms with Gasteiger partial charge in [0.1, 0.15) is 5.69 Å². The minimum Gasteiger partial charge on any atom is -0.297 e. The standard InChI is InChI=1S/C18H25N9/c1-14(2)26-13-17(20-23-26)15-5-4-8-25(10-6-15)11-16-12-27(22-19-16)18-7-9-24(3)21-18/h5,7,9,12-14H,4,6,8,10-11H2,1-3H3. The van der Waals surface area contributed by atoms with Gasteiger partial charge in [0.05, 0.1) is 18.1 Å². The van der Waals surface area contributed by atoms with Crippen LogP contribution in [0.25, 0.3) is 11.4 Å². The van der Waals surface area contributed by atoms with E-state index in [1.807, 2.05) is 36.4 Å². The lowest BCUT2D eigenvalue weighted by Gasteiger charge is -2.18. The van der Waals surface area contributed by atoms with Gasteiger partial charge in [-0.2, -0.15) is 5.10 Å². The van der Waals surface area contributed by atoms with E-state index in [1.165, 1.54) is 5.57 Å². The molecule has 0 unspecified atom stereocenters. The van der Waals surface area contributed by atoms with Crippen molar-refractivity contribution >= 4 is 5.57 Å². The smallest absolute Gasteiger partial charge is 0.176 e. The summed E-state index contributed by atoms with van der Waals surface area (Å²) < 4.78 is 5.39. The highest BCUT2D eigenvalue weighted by molar-refractivity contribution is 5.62. The van der Waals surface area contributed by atoms with E-state index < -0.39 is 0 Å². The summed E-state index contributed by atoms with van der Waals surface area (Å²) >= 11 is 0. The predicted octanol–water partition coefficient (Wildman–Crippen LogP) is 1.85. The lowest BCUT2D eigenvalue weighted by Crippen LogP contribution is -2.24. The Balaban J connectivity index is 1.37. The molecular formula is C18H25N9. The van der Waals surface area contributed by atoms with Gasteiger partial charge in [0, 0.05) is 45.0 Å². The average molecular weight is 367 g/mol. The van der Waals surface area contributed by atoms with E-state index >= 15 is 0 Å². The van der Waals surface area contributed by atoms with Gasteiger partial charge in [-0.25, -0.2) is 9.36 Å². The monoisotopic (exact) mass is 367 g/mol. The minimum atomic E-state index is 0.329. The first-order valence-corrected chi connectivity index (χ1v) is 9.33. The Morgan fingerprint density at radius 1 is 1.11 bits per heavy atom. The highest BCUT2D eigenvalue weighted by Crippen LogP contribution is 2.21. The molecule has 0 atom stereocenters. The molecule has 0 spiro atoms. The maximum Gasteiger partial charge on any atom is 0.176 e. The van der Waals surface area contributed by atoms with Crippen LogP contribution in [0.1, 0.15) is 44.1 Å². The zero-order valence-electron chi connectivity index (χ0n) is 16.0. The van der Waals surface area contributed by atoms with Crippen molar-refractivity contribution in [2.45, 2.75) is 39.3 Å². The second kappa shape index (κ2) is 7.43. The van der Waals surface area contributed by atoms with Crippen LogP contribution in [0, 0.1) is 0 Å². The first-order valence-electron chi connectivity index (χ1n) is 9.33. The summed E-state index contributed by atoms with van der Waals surface area (Å²) in [4.78, 5) is 2.41. The highest BCUT2D eigenvalue weighted by atomic mass is 15.5. The molecule has 3 aromatic rings. The zero-order chi connectivity index (χ0) is 18.8. The van der Waals surface area contributed by atoms with Crippen molar-refractivity contribution in [3.05, 3.63) is 42.1 Å². The van der Waals surface area contributed by atoms with Crippen LogP contribution in [-0.2, 0) is 13.6 Å².